The molecule has 1 saturated heterocycles. The average Bonchev–Trinajstić information content (AvgIpc) is 3.37. The largest absolute Gasteiger partial charge is 0.486 e. The van der Waals surface area contributed by atoms with Crippen LogP contribution in [0.25, 0.3) is 11.3 Å². The third kappa shape index (κ3) is 4.64. The van der Waals surface area contributed by atoms with E-state index in [0.717, 1.165) is 24.8 Å². The summed E-state index contributed by atoms with van der Waals surface area (Å²) >= 11 is 0. The van der Waals surface area contributed by atoms with E-state index in [9.17, 15) is 13.2 Å². The number of carbonyl (C=O) groups excluding carboxylic acids is 1. The molecule has 10 heteroatoms. The van der Waals surface area contributed by atoms with Crippen molar-refractivity contribution in [2.45, 2.75) is 30.7 Å². The van der Waals surface area contributed by atoms with Crippen molar-refractivity contribution in [1.82, 2.24) is 14.8 Å². The van der Waals surface area contributed by atoms with Gasteiger partial charge in [-0.2, -0.15) is 4.31 Å². The second-order valence-corrected chi connectivity index (χ2v) is 10.2. The maximum Gasteiger partial charge on any atom is 0.251 e. The first-order valence-electron chi connectivity index (χ1n) is 11.2. The molecular formula is C24H25N3O6S. The van der Waals surface area contributed by atoms with Crippen LogP contribution in [0.2, 0.25) is 0 Å². The van der Waals surface area contributed by atoms with Crippen LogP contribution >= 0.6 is 0 Å². The highest BCUT2D eigenvalue weighted by molar-refractivity contribution is 7.89. The first kappa shape index (κ1) is 22.4. The minimum Gasteiger partial charge on any atom is -0.486 e. The van der Waals surface area contributed by atoms with E-state index >= 15 is 0 Å². The SMILES string of the molecule is O=C(NCc1cc(-c2ccc3c(c2)OCCO3)on1)c1ccc(S(=O)(=O)N2CCCCC2)cc1. The van der Waals surface area contributed by atoms with Crippen LogP contribution in [0.3, 0.4) is 0 Å². The molecule has 0 bridgehead atoms. The molecule has 9 nitrogen and oxygen atoms in total. The van der Waals surface area contributed by atoms with Gasteiger partial charge in [0.25, 0.3) is 5.91 Å². The Bertz CT molecular complexity index is 1280. The molecule has 1 fully saturated rings. The summed E-state index contributed by atoms with van der Waals surface area (Å²) in [5.41, 5.74) is 1.72. The summed E-state index contributed by atoms with van der Waals surface area (Å²) in [6.45, 7) is 2.26. The molecule has 3 aromatic rings. The van der Waals surface area contributed by atoms with Crippen molar-refractivity contribution in [3.8, 4) is 22.8 Å². The number of fused-ring (bicyclic) bond motifs is 1. The average molecular weight is 484 g/mol. The maximum absolute atomic E-state index is 12.8. The van der Waals surface area contributed by atoms with E-state index < -0.39 is 10.0 Å². The van der Waals surface area contributed by atoms with Gasteiger partial charge < -0.3 is 19.3 Å². The molecule has 1 aromatic heterocycles. The number of carbonyl (C=O) groups is 1. The van der Waals surface area contributed by atoms with Crippen molar-refractivity contribution >= 4 is 15.9 Å². The summed E-state index contributed by atoms with van der Waals surface area (Å²) in [6, 6.07) is 13.3. The van der Waals surface area contributed by atoms with Crippen LogP contribution in [0.4, 0.5) is 0 Å². The molecule has 1 N–H and O–H groups in total. The number of amides is 1. The van der Waals surface area contributed by atoms with Crippen LogP contribution in [0.5, 0.6) is 11.5 Å². The second-order valence-electron chi connectivity index (χ2n) is 8.21. The molecule has 0 atom stereocenters. The third-order valence-corrected chi connectivity index (χ3v) is 7.80. The Morgan fingerprint density at radius 2 is 1.68 bits per heavy atom. The van der Waals surface area contributed by atoms with Gasteiger partial charge in [-0.3, -0.25) is 4.79 Å². The topological polar surface area (TPSA) is 111 Å². The van der Waals surface area contributed by atoms with E-state index in [1.165, 1.54) is 28.6 Å². The van der Waals surface area contributed by atoms with Crippen molar-refractivity contribution in [2.75, 3.05) is 26.3 Å². The van der Waals surface area contributed by atoms with Gasteiger partial charge in [0.2, 0.25) is 10.0 Å². The van der Waals surface area contributed by atoms with Gasteiger partial charge >= 0.3 is 0 Å². The van der Waals surface area contributed by atoms with E-state index in [1.54, 1.807) is 6.07 Å². The Labute approximate surface area is 197 Å². The second kappa shape index (κ2) is 9.47. The number of nitrogens with zero attached hydrogens (tertiary/aromatic N) is 2. The number of piperidine rings is 1. The predicted octanol–water partition coefficient (Wildman–Crippen LogP) is 3.22. The van der Waals surface area contributed by atoms with Gasteiger partial charge in [0.15, 0.2) is 17.3 Å². The number of nitrogens with one attached hydrogen (secondary N) is 1. The molecule has 2 aromatic carbocycles. The normalized spacial score (nSPS) is 16.2. The van der Waals surface area contributed by atoms with Crippen LogP contribution in [0.1, 0.15) is 35.3 Å². The molecule has 0 radical (unpaired) electrons. The zero-order valence-electron chi connectivity index (χ0n) is 18.5. The molecule has 0 aliphatic carbocycles. The predicted molar refractivity (Wildman–Crippen MR) is 123 cm³/mol. The van der Waals surface area contributed by atoms with Gasteiger partial charge in [-0.25, -0.2) is 8.42 Å². The Hall–Kier alpha value is -3.37. The van der Waals surface area contributed by atoms with E-state index in [4.69, 9.17) is 14.0 Å². The lowest BCUT2D eigenvalue weighted by Gasteiger charge is -2.25. The van der Waals surface area contributed by atoms with Gasteiger partial charge in [-0.1, -0.05) is 11.6 Å². The molecule has 3 heterocycles. The van der Waals surface area contributed by atoms with Gasteiger partial charge in [0.05, 0.1) is 11.4 Å². The van der Waals surface area contributed by atoms with Crippen molar-refractivity contribution < 1.29 is 27.2 Å². The molecule has 2 aliphatic heterocycles. The Kier molecular flexibility index (Phi) is 6.25. The summed E-state index contributed by atoms with van der Waals surface area (Å²) in [7, 11) is -3.53. The fourth-order valence-corrected chi connectivity index (χ4v) is 5.55. The summed E-state index contributed by atoms with van der Waals surface area (Å²) in [5.74, 6) is 1.57. The Balaban J connectivity index is 1.21. The van der Waals surface area contributed by atoms with E-state index in [-0.39, 0.29) is 17.3 Å². The van der Waals surface area contributed by atoms with E-state index in [0.29, 0.717) is 54.8 Å². The molecule has 0 unspecified atom stereocenters. The lowest BCUT2D eigenvalue weighted by atomic mass is 10.1. The van der Waals surface area contributed by atoms with Gasteiger partial charge in [-0.05, 0) is 55.3 Å². The zero-order valence-corrected chi connectivity index (χ0v) is 19.3. The molecular weight excluding hydrogens is 458 g/mol. The smallest absolute Gasteiger partial charge is 0.251 e. The first-order valence-corrected chi connectivity index (χ1v) is 12.7. The molecule has 5 rings (SSSR count). The number of ether oxygens (including phenoxy) is 2. The van der Waals surface area contributed by atoms with E-state index in [2.05, 4.69) is 10.5 Å². The van der Waals surface area contributed by atoms with Gasteiger partial charge in [-0.15, -0.1) is 0 Å². The van der Waals surface area contributed by atoms with Crippen LogP contribution in [0.15, 0.2) is 57.9 Å². The van der Waals surface area contributed by atoms with Gasteiger partial charge in [0, 0.05) is 30.3 Å². The highest BCUT2D eigenvalue weighted by atomic mass is 32.2. The number of aromatic nitrogens is 1. The number of sulfonamides is 1. The summed E-state index contributed by atoms with van der Waals surface area (Å²) < 4.78 is 43.6. The number of hydrogen-bond donors (Lipinski definition) is 1. The standard InChI is InChI=1S/C24H25N3O6S/c28-24(17-4-7-20(8-5-17)34(29,30)27-10-2-1-3-11-27)25-16-19-15-22(33-26-19)18-6-9-21-23(14-18)32-13-12-31-21/h4-9,14-15H,1-3,10-13,16H2,(H,25,28). The lowest BCUT2D eigenvalue weighted by Crippen LogP contribution is -2.35. The highest BCUT2D eigenvalue weighted by Gasteiger charge is 2.26. The fourth-order valence-electron chi connectivity index (χ4n) is 4.03. The molecule has 2 aliphatic rings. The van der Waals surface area contributed by atoms with Gasteiger partial charge in [0.1, 0.15) is 18.9 Å². The van der Waals surface area contributed by atoms with Crippen molar-refractivity contribution in [2.24, 2.45) is 0 Å². The molecule has 1 amide bonds. The molecule has 0 spiro atoms. The molecule has 178 valence electrons. The van der Waals surface area contributed by atoms with Crippen molar-refractivity contribution in [3.05, 3.63) is 59.8 Å². The van der Waals surface area contributed by atoms with Crippen molar-refractivity contribution in [3.63, 3.8) is 0 Å². The minimum absolute atomic E-state index is 0.167. The minimum atomic E-state index is -3.53. The van der Waals surface area contributed by atoms with Crippen LogP contribution in [-0.4, -0.2) is 50.1 Å². The third-order valence-electron chi connectivity index (χ3n) is 5.89. The number of benzene rings is 2. The highest BCUT2D eigenvalue weighted by Crippen LogP contribution is 2.34. The first-order chi connectivity index (χ1) is 16.5. The Morgan fingerprint density at radius 1 is 0.941 bits per heavy atom. The number of hydrogen-bond acceptors (Lipinski definition) is 7. The van der Waals surface area contributed by atoms with Crippen LogP contribution in [0, 0.1) is 0 Å². The van der Waals surface area contributed by atoms with E-state index in [1.807, 2.05) is 18.2 Å². The zero-order chi connectivity index (χ0) is 23.5. The Morgan fingerprint density at radius 3 is 2.44 bits per heavy atom. The molecule has 34 heavy (non-hydrogen) atoms. The molecule has 0 saturated carbocycles. The maximum atomic E-state index is 12.8. The summed E-state index contributed by atoms with van der Waals surface area (Å²) in [4.78, 5) is 12.8. The van der Waals surface area contributed by atoms with Crippen LogP contribution in [-0.2, 0) is 16.6 Å². The summed E-state index contributed by atoms with van der Waals surface area (Å²) in [6.07, 6.45) is 2.80. The lowest BCUT2D eigenvalue weighted by molar-refractivity contribution is 0.0950. The van der Waals surface area contributed by atoms with Crippen molar-refractivity contribution in [1.29, 1.82) is 0 Å². The quantitative estimate of drug-likeness (QED) is 0.573. The fraction of sp³-hybridized carbons (Fsp3) is 0.333. The summed E-state index contributed by atoms with van der Waals surface area (Å²) in [5, 5.41) is 6.81. The monoisotopic (exact) mass is 483 g/mol. The van der Waals surface area contributed by atoms with Crippen LogP contribution < -0.4 is 14.8 Å². The number of rotatable bonds is 6.